The summed E-state index contributed by atoms with van der Waals surface area (Å²) < 4.78 is 15.5. The number of anilines is 1. The molecule has 0 saturated carbocycles. The van der Waals surface area contributed by atoms with Crippen LogP contribution in [0.5, 0.6) is 0 Å². The lowest BCUT2D eigenvalue weighted by Crippen LogP contribution is -2.39. The van der Waals surface area contributed by atoms with Gasteiger partial charge in [-0.05, 0) is 37.6 Å². The number of nitrogens with zero attached hydrogens (tertiary/aromatic N) is 3. The number of hydrogen-bond acceptors (Lipinski definition) is 4. The van der Waals surface area contributed by atoms with E-state index in [-0.39, 0.29) is 5.82 Å². The molecule has 1 aliphatic rings. The van der Waals surface area contributed by atoms with Crippen LogP contribution in [0.25, 0.3) is 5.69 Å². The van der Waals surface area contributed by atoms with Crippen molar-refractivity contribution in [3.63, 3.8) is 0 Å². The third kappa shape index (κ3) is 2.96. The average Bonchev–Trinajstić information content (AvgIpc) is 3.00. The Bertz CT molecular complexity index is 549. The van der Waals surface area contributed by atoms with Crippen LogP contribution < -0.4 is 10.6 Å². The summed E-state index contributed by atoms with van der Waals surface area (Å²) in [5, 5.41) is 10.7. The molecule has 0 radical (unpaired) electrons. The van der Waals surface area contributed by atoms with E-state index in [0.29, 0.717) is 11.7 Å². The minimum atomic E-state index is -0.308. The van der Waals surface area contributed by atoms with Crippen LogP contribution in [0.2, 0.25) is 0 Å². The lowest BCUT2D eigenvalue weighted by atomic mass is 10.1. The van der Waals surface area contributed by atoms with Crippen molar-refractivity contribution in [2.24, 2.45) is 0 Å². The Labute approximate surface area is 117 Å². The Kier molecular flexibility index (Phi) is 3.92. The molecule has 0 aliphatic carbocycles. The van der Waals surface area contributed by atoms with Crippen LogP contribution in [0.3, 0.4) is 0 Å². The summed E-state index contributed by atoms with van der Waals surface area (Å²) in [5.74, 6) is -0.308. The highest BCUT2D eigenvalue weighted by atomic mass is 19.1. The Morgan fingerprint density at radius 3 is 3.05 bits per heavy atom. The van der Waals surface area contributed by atoms with Crippen molar-refractivity contribution in [2.75, 3.05) is 18.4 Å². The van der Waals surface area contributed by atoms with Crippen LogP contribution in [0.15, 0.2) is 30.9 Å². The predicted molar refractivity (Wildman–Crippen MR) is 75.4 cm³/mol. The molecule has 1 fully saturated rings. The fourth-order valence-corrected chi connectivity index (χ4v) is 2.47. The molecule has 0 amide bonds. The van der Waals surface area contributed by atoms with E-state index in [1.54, 1.807) is 6.07 Å². The molecule has 1 atom stereocenters. The SMILES string of the molecule is Fc1cc(NCC2CCCCN2)ccc1-n1cncn1. The van der Waals surface area contributed by atoms with Crippen LogP contribution in [-0.4, -0.2) is 33.9 Å². The predicted octanol–water partition coefficient (Wildman–Crippen LogP) is 1.96. The Balaban J connectivity index is 1.64. The molecule has 1 saturated heterocycles. The third-order valence-corrected chi connectivity index (χ3v) is 3.58. The van der Waals surface area contributed by atoms with Gasteiger partial charge in [-0.1, -0.05) is 6.42 Å². The second-order valence-electron chi connectivity index (χ2n) is 5.03. The first-order valence-corrected chi connectivity index (χ1v) is 6.95. The first kappa shape index (κ1) is 13.1. The van der Waals surface area contributed by atoms with E-state index < -0.39 is 0 Å². The molecular formula is C14H18FN5. The van der Waals surface area contributed by atoms with Crippen molar-refractivity contribution in [3.8, 4) is 5.69 Å². The number of rotatable bonds is 4. The molecule has 2 aromatic rings. The molecule has 3 rings (SSSR count). The van der Waals surface area contributed by atoms with E-state index in [4.69, 9.17) is 0 Å². The number of halogens is 1. The minimum absolute atomic E-state index is 0.308. The molecule has 6 heteroatoms. The molecule has 2 N–H and O–H groups in total. The van der Waals surface area contributed by atoms with E-state index >= 15 is 0 Å². The van der Waals surface area contributed by atoms with E-state index in [9.17, 15) is 4.39 Å². The summed E-state index contributed by atoms with van der Waals surface area (Å²) in [6.45, 7) is 1.90. The lowest BCUT2D eigenvalue weighted by Gasteiger charge is -2.24. The molecule has 1 aromatic heterocycles. The first-order chi connectivity index (χ1) is 9.83. The number of piperidine rings is 1. The zero-order valence-electron chi connectivity index (χ0n) is 11.2. The summed E-state index contributed by atoms with van der Waals surface area (Å²) >= 11 is 0. The van der Waals surface area contributed by atoms with Crippen molar-refractivity contribution in [3.05, 3.63) is 36.7 Å². The molecule has 1 unspecified atom stereocenters. The number of nitrogens with one attached hydrogen (secondary N) is 2. The standard InChI is InChI=1S/C14H18FN5/c15-13-7-11(18-8-12-3-1-2-6-17-12)4-5-14(13)20-10-16-9-19-20/h4-5,7,9-10,12,17-18H,1-3,6,8H2. The topological polar surface area (TPSA) is 54.8 Å². The van der Waals surface area contributed by atoms with Gasteiger partial charge in [-0.3, -0.25) is 0 Å². The van der Waals surface area contributed by atoms with E-state index in [0.717, 1.165) is 18.8 Å². The van der Waals surface area contributed by atoms with Crippen LogP contribution in [-0.2, 0) is 0 Å². The summed E-state index contributed by atoms with van der Waals surface area (Å²) in [6.07, 6.45) is 6.56. The second kappa shape index (κ2) is 6.00. The molecule has 0 bridgehead atoms. The van der Waals surface area contributed by atoms with E-state index in [1.165, 1.54) is 42.7 Å². The number of benzene rings is 1. The highest BCUT2D eigenvalue weighted by Gasteiger charge is 2.12. The molecule has 20 heavy (non-hydrogen) atoms. The molecule has 2 heterocycles. The number of hydrogen-bond donors (Lipinski definition) is 2. The second-order valence-corrected chi connectivity index (χ2v) is 5.03. The van der Waals surface area contributed by atoms with Gasteiger partial charge in [0.2, 0.25) is 0 Å². The van der Waals surface area contributed by atoms with Crippen molar-refractivity contribution in [2.45, 2.75) is 25.3 Å². The molecule has 106 valence electrons. The monoisotopic (exact) mass is 275 g/mol. The highest BCUT2D eigenvalue weighted by Crippen LogP contribution is 2.18. The minimum Gasteiger partial charge on any atom is -0.383 e. The molecular weight excluding hydrogens is 257 g/mol. The van der Waals surface area contributed by atoms with Gasteiger partial charge in [0, 0.05) is 18.3 Å². The van der Waals surface area contributed by atoms with Gasteiger partial charge in [0.05, 0.1) is 0 Å². The summed E-state index contributed by atoms with van der Waals surface area (Å²) in [5.41, 5.74) is 1.20. The molecule has 0 spiro atoms. The fraction of sp³-hybridized carbons (Fsp3) is 0.429. The molecule has 1 aliphatic heterocycles. The largest absolute Gasteiger partial charge is 0.383 e. The van der Waals surface area contributed by atoms with Gasteiger partial charge in [0.1, 0.15) is 18.3 Å². The summed E-state index contributed by atoms with van der Waals surface area (Å²) in [4.78, 5) is 3.82. The van der Waals surface area contributed by atoms with Crippen molar-refractivity contribution in [1.29, 1.82) is 0 Å². The summed E-state index contributed by atoms with van der Waals surface area (Å²) in [7, 11) is 0. The quantitative estimate of drug-likeness (QED) is 0.895. The van der Waals surface area contributed by atoms with Crippen molar-refractivity contribution in [1.82, 2.24) is 20.1 Å². The third-order valence-electron chi connectivity index (χ3n) is 3.58. The van der Waals surface area contributed by atoms with Crippen molar-refractivity contribution >= 4 is 5.69 Å². The first-order valence-electron chi connectivity index (χ1n) is 6.95. The Morgan fingerprint density at radius 2 is 2.35 bits per heavy atom. The highest BCUT2D eigenvalue weighted by molar-refractivity contribution is 5.49. The normalized spacial score (nSPS) is 18.9. The lowest BCUT2D eigenvalue weighted by molar-refractivity contribution is 0.414. The van der Waals surface area contributed by atoms with Crippen LogP contribution >= 0.6 is 0 Å². The van der Waals surface area contributed by atoms with Crippen LogP contribution in [0.4, 0.5) is 10.1 Å². The van der Waals surface area contributed by atoms with Gasteiger partial charge < -0.3 is 10.6 Å². The van der Waals surface area contributed by atoms with E-state index in [2.05, 4.69) is 20.7 Å². The average molecular weight is 275 g/mol. The van der Waals surface area contributed by atoms with Gasteiger partial charge in [-0.25, -0.2) is 14.1 Å². The zero-order chi connectivity index (χ0) is 13.8. The van der Waals surface area contributed by atoms with E-state index in [1.807, 2.05) is 6.07 Å². The van der Waals surface area contributed by atoms with Gasteiger partial charge in [-0.2, -0.15) is 5.10 Å². The maximum Gasteiger partial charge on any atom is 0.150 e. The number of aromatic nitrogens is 3. The van der Waals surface area contributed by atoms with Gasteiger partial charge in [0.25, 0.3) is 0 Å². The summed E-state index contributed by atoms with van der Waals surface area (Å²) in [6, 6.07) is 5.55. The zero-order valence-corrected chi connectivity index (χ0v) is 11.2. The smallest absolute Gasteiger partial charge is 0.150 e. The van der Waals surface area contributed by atoms with Gasteiger partial charge in [-0.15, -0.1) is 0 Å². The van der Waals surface area contributed by atoms with Gasteiger partial charge in [0.15, 0.2) is 5.82 Å². The Morgan fingerprint density at radius 1 is 1.40 bits per heavy atom. The molecule has 5 nitrogen and oxygen atoms in total. The maximum atomic E-state index is 14.0. The van der Waals surface area contributed by atoms with Crippen molar-refractivity contribution < 1.29 is 4.39 Å². The Hall–Kier alpha value is -1.95. The molecule has 1 aromatic carbocycles. The van der Waals surface area contributed by atoms with Crippen LogP contribution in [0, 0.1) is 5.82 Å². The van der Waals surface area contributed by atoms with Gasteiger partial charge >= 0.3 is 0 Å². The fourth-order valence-electron chi connectivity index (χ4n) is 2.47. The maximum absolute atomic E-state index is 14.0. The van der Waals surface area contributed by atoms with Crippen LogP contribution in [0.1, 0.15) is 19.3 Å².